The van der Waals surface area contributed by atoms with Crippen LogP contribution in [-0.2, 0) is 0 Å². The minimum atomic E-state index is -1.48. The molecule has 0 spiro atoms. The van der Waals surface area contributed by atoms with Gasteiger partial charge in [-0.2, -0.15) is 0 Å². The number of nitrogens with two attached hydrogens (primary N) is 2. The Hall–Kier alpha value is -2.64. The molecule has 3 rings (SSSR count). The second-order valence-corrected chi connectivity index (χ2v) is 4.99. The lowest BCUT2D eigenvalue weighted by atomic mass is 10.1. The molecule has 6 nitrogen and oxygen atoms in total. The number of carboxylic acids is 1. The van der Waals surface area contributed by atoms with Gasteiger partial charge >= 0.3 is 5.97 Å². The van der Waals surface area contributed by atoms with Crippen molar-refractivity contribution in [3.8, 4) is 0 Å². The molecule has 21 heavy (non-hydrogen) atoms. The number of benzene rings is 1. The zero-order valence-electron chi connectivity index (χ0n) is 10.7. The van der Waals surface area contributed by atoms with Gasteiger partial charge in [-0.1, -0.05) is 0 Å². The molecule has 0 radical (unpaired) electrons. The molecule has 8 heteroatoms. The first-order valence-electron chi connectivity index (χ1n) is 6.18. The minimum Gasteiger partial charge on any atom is -0.477 e. The summed E-state index contributed by atoms with van der Waals surface area (Å²) in [5.41, 5.74) is 7.58. The van der Waals surface area contributed by atoms with E-state index in [1.54, 1.807) is 0 Å². The van der Waals surface area contributed by atoms with Crippen LogP contribution in [-0.4, -0.2) is 15.6 Å². The molecular formula is C13H11F2N3O3. The molecule has 1 heterocycles. The van der Waals surface area contributed by atoms with Gasteiger partial charge in [-0.15, -0.1) is 0 Å². The third-order valence-corrected chi connectivity index (χ3v) is 3.59. The SMILES string of the molecule is Nc1c(F)c(N)c2c(=O)c(C(=O)O)cn(C3CC3)c2c1F. The number of pyridine rings is 1. The Balaban J connectivity index is 2.59. The van der Waals surface area contributed by atoms with Gasteiger partial charge in [-0.05, 0) is 12.8 Å². The number of nitrogens with zero attached hydrogens (tertiary/aromatic N) is 1. The van der Waals surface area contributed by atoms with Gasteiger partial charge in [0.15, 0.2) is 11.6 Å². The Labute approximate surface area is 116 Å². The Morgan fingerprint density at radius 1 is 1.24 bits per heavy atom. The number of nitrogen functional groups attached to an aromatic ring is 2. The fourth-order valence-corrected chi connectivity index (χ4v) is 2.38. The highest BCUT2D eigenvalue weighted by atomic mass is 19.1. The highest BCUT2D eigenvalue weighted by Crippen LogP contribution is 2.40. The fourth-order valence-electron chi connectivity index (χ4n) is 2.38. The monoisotopic (exact) mass is 295 g/mol. The molecule has 5 N–H and O–H groups in total. The average molecular weight is 295 g/mol. The number of aromatic nitrogens is 1. The Morgan fingerprint density at radius 2 is 1.86 bits per heavy atom. The van der Waals surface area contributed by atoms with Gasteiger partial charge in [-0.3, -0.25) is 4.79 Å². The first-order valence-corrected chi connectivity index (χ1v) is 6.18. The van der Waals surface area contributed by atoms with Crippen molar-refractivity contribution >= 4 is 28.2 Å². The zero-order chi connectivity index (χ0) is 15.5. The quantitative estimate of drug-likeness (QED) is 0.726. The Kier molecular flexibility index (Phi) is 2.65. The van der Waals surface area contributed by atoms with Crippen LogP contribution < -0.4 is 16.9 Å². The number of hydrogen-bond donors (Lipinski definition) is 3. The average Bonchev–Trinajstić information content (AvgIpc) is 3.26. The van der Waals surface area contributed by atoms with Crippen molar-refractivity contribution in [3.05, 3.63) is 33.6 Å². The van der Waals surface area contributed by atoms with Crippen LogP contribution in [0.2, 0.25) is 0 Å². The number of hydrogen-bond acceptors (Lipinski definition) is 4. The number of carboxylic acid groups (broad SMARTS) is 1. The molecule has 1 aliphatic rings. The van der Waals surface area contributed by atoms with Crippen LogP contribution in [0, 0.1) is 11.6 Å². The van der Waals surface area contributed by atoms with E-state index in [-0.39, 0.29) is 11.6 Å². The number of halogens is 2. The van der Waals surface area contributed by atoms with E-state index in [1.165, 1.54) is 4.57 Å². The van der Waals surface area contributed by atoms with E-state index in [9.17, 15) is 18.4 Å². The van der Waals surface area contributed by atoms with Gasteiger partial charge in [0.2, 0.25) is 5.43 Å². The maximum atomic E-state index is 14.3. The second kappa shape index (κ2) is 4.18. The standard InChI is InChI=1S/C13H11F2N3O3/c14-7-9(16)6-11(8(15)10(7)17)18(4-1-2-4)3-5(12(6)19)13(20)21/h3-4H,1-2,16-17H2,(H,20,21). The van der Waals surface area contributed by atoms with Gasteiger partial charge in [0, 0.05) is 12.2 Å². The molecule has 0 atom stereocenters. The van der Waals surface area contributed by atoms with Crippen molar-refractivity contribution in [3.63, 3.8) is 0 Å². The predicted molar refractivity (Wildman–Crippen MR) is 72.2 cm³/mol. The largest absolute Gasteiger partial charge is 0.477 e. The van der Waals surface area contributed by atoms with E-state index in [1.807, 2.05) is 0 Å². The topological polar surface area (TPSA) is 111 Å². The van der Waals surface area contributed by atoms with Crippen LogP contribution >= 0.6 is 0 Å². The lowest BCUT2D eigenvalue weighted by Crippen LogP contribution is -2.21. The minimum absolute atomic E-state index is 0.148. The van der Waals surface area contributed by atoms with E-state index >= 15 is 0 Å². The molecule has 1 aromatic carbocycles. The van der Waals surface area contributed by atoms with Crippen LogP contribution in [0.15, 0.2) is 11.0 Å². The van der Waals surface area contributed by atoms with Crippen molar-refractivity contribution in [1.82, 2.24) is 4.57 Å². The van der Waals surface area contributed by atoms with E-state index in [0.717, 1.165) is 6.20 Å². The van der Waals surface area contributed by atoms with Gasteiger partial charge in [0.1, 0.15) is 11.3 Å². The molecule has 1 aliphatic carbocycles. The summed E-state index contributed by atoms with van der Waals surface area (Å²) in [6.07, 6.45) is 2.46. The van der Waals surface area contributed by atoms with Crippen molar-refractivity contribution in [2.45, 2.75) is 18.9 Å². The van der Waals surface area contributed by atoms with Crippen molar-refractivity contribution in [1.29, 1.82) is 0 Å². The highest BCUT2D eigenvalue weighted by molar-refractivity contribution is 5.99. The van der Waals surface area contributed by atoms with Gasteiger partial charge < -0.3 is 21.1 Å². The molecule has 0 saturated heterocycles. The van der Waals surface area contributed by atoms with Gasteiger partial charge in [0.25, 0.3) is 0 Å². The summed E-state index contributed by atoms with van der Waals surface area (Å²) in [7, 11) is 0. The van der Waals surface area contributed by atoms with E-state index in [0.29, 0.717) is 12.8 Å². The Bertz CT molecular complexity index is 856. The first kappa shape index (κ1) is 13.3. The second-order valence-electron chi connectivity index (χ2n) is 4.99. The number of rotatable bonds is 2. The summed E-state index contributed by atoms with van der Waals surface area (Å²) in [5, 5.41) is 8.59. The first-order chi connectivity index (χ1) is 9.84. The molecule has 2 aromatic rings. The summed E-state index contributed by atoms with van der Waals surface area (Å²) < 4.78 is 29.4. The zero-order valence-corrected chi connectivity index (χ0v) is 10.7. The van der Waals surface area contributed by atoms with E-state index < -0.39 is 45.4 Å². The molecule has 1 saturated carbocycles. The number of anilines is 2. The van der Waals surface area contributed by atoms with Gasteiger partial charge in [-0.25, -0.2) is 13.6 Å². The van der Waals surface area contributed by atoms with Crippen molar-refractivity contribution in [2.75, 3.05) is 11.5 Å². The molecule has 0 amide bonds. The summed E-state index contributed by atoms with van der Waals surface area (Å²) in [6.45, 7) is 0. The van der Waals surface area contributed by atoms with Crippen molar-refractivity contribution < 1.29 is 18.7 Å². The number of carbonyl (C=O) groups is 1. The lowest BCUT2D eigenvalue weighted by molar-refractivity contribution is 0.0695. The van der Waals surface area contributed by atoms with Crippen LogP contribution in [0.1, 0.15) is 29.2 Å². The number of fused-ring (bicyclic) bond motifs is 1. The van der Waals surface area contributed by atoms with E-state index in [4.69, 9.17) is 16.6 Å². The molecule has 1 aromatic heterocycles. The summed E-state index contributed by atoms with van der Waals surface area (Å²) in [5.74, 6) is -3.83. The normalized spacial score (nSPS) is 14.6. The lowest BCUT2D eigenvalue weighted by Gasteiger charge is -2.15. The molecule has 0 bridgehead atoms. The van der Waals surface area contributed by atoms with Crippen LogP contribution in [0.4, 0.5) is 20.2 Å². The fraction of sp³-hybridized carbons (Fsp3) is 0.231. The third-order valence-electron chi connectivity index (χ3n) is 3.59. The van der Waals surface area contributed by atoms with Crippen LogP contribution in [0.25, 0.3) is 10.9 Å². The molecule has 0 unspecified atom stereocenters. The number of aromatic carboxylic acids is 1. The molecule has 0 aliphatic heterocycles. The summed E-state index contributed by atoms with van der Waals surface area (Å²) in [4.78, 5) is 23.3. The van der Waals surface area contributed by atoms with Crippen LogP contribution in [0.5, 0.6) is 0 Å². The maximum Gasteiger partial charge on any atom is 0.341 e. The highest BCUT2D eigenvalue weighted by Gasteiger charge is 2.30. The Morgan fingerprint density at radius 3 is 2.38 bits per heavy atom. The van der Waals surface area contributed by atoms with E-state index in [2.05, 4.69) is 0 Å². The molecule has 1 fully saturated rings. The smallest absolute Gasteiger partial charge is 0.341 e. The molecular weight excluding hydrogens is 284 g/mol. The van der Waals surface area contributed by atoms with Gasteiger partial charge in [0.05, 0.1) is 16.6 Å². The van der Waals surface area contributed by atoms with Crippen LogP contribution in [0.3, 0.4) is 0 Å². The molecule has 110 valence electrons. The van der Waals surface area contributed by atoms with Crippen molar-refractivity contribution in [2.24, 2.45) is 0 Å². The summed E-state index contributed by atoms with van der Waals surface area (Å²) in [6, 6.07) is -0.148. The summed E-state index contributed by atoms with van der Waals surface area (Å²) >= 11 is 0. The predicted octanol–water partition coefficient (Wildman–Crippen LogP) is 1.48. The third kappa shape index (κ3) is 1.75. The maximum absolute atomic E-state index is 14.3.